The molecule has 90 valence electrons. The summed E-state index contributed by atoms with van der Waals surface area (Å²) in [7, 11) is 1.79. The largest absolute Gasteiger partial charge is 0.416 e. The van der Waals surface area contributed by atoms with Crippen molar-refractivity contribution in [1.29, 1.82) is 0 Å². The Hall–Kier alpha value is -1.03. The molecule has 0 bridgehead atoms. The van der Waals surface area contributed by atoms with Crippen molar-refractivity contribution in [2.75, 3.05) is 13.6 Å². The van der Waals surface area contributed by atoms with Gasteiger partial charge in [-0.3, -0.25) is 0 Å². The minimum absolute atomic E-state index is 0.0762. The molecule has 0 aromatic heterocycles. The molecule has 0 saturated heterocycles. The number of aryl methyl sites for hydroxylation is 1. The van der Waals surface area contributed by atoms with Crippen molar-refractivity contribution in [3.05, 3.63) is 34.9 Å². The first-order valence-electron chi connectivity index (χ1n) is 5.18. The quantitative estimate of drug-likeness (QED) is 0.841. The lowest BCUT2D eigenvalue weighted by molar-refractivity contribution is -0.137. The number of hydrogen-bond donors (Lipinski definition) is 1. The summed E-state index contributed by atoms with van der Waals surface area (Å²) >= 11 is 0. The van der Waals surface area contributed by atoms with Gasteiger partial charge in [-0.25, -0.2) is 0 Å². The molecule has 1 rings (SSSR count). The number of likely N-dealkylation sites (N-methyl/N-ethyl adjacent to an activating group) is 1. The fraction of sp³-hybridized carbons (Fsp3) is 0.500. The average molecular weight is 231 g/mol. The van der Waals surface area contributed by atoms with Crippen LogP contribution in [0.5, 0.6) is 0 Å². The summed E-state index contributed by atoms with van der Waals surface area (Å²) in [5, 5.41) is 2.97. The SMILES string of the molecule is CNCC(C)c1cc(C(F)(F)F)ccc1C. The van der Waals surface area contributed by atoms with Gasteiger partial charge in [0.05, 0.1) is 5.56 Å². The predicted octanol–water partition coefficient (Wildman–Crippen LogP) is 3.34. The molecule has 1 unspecified atom stereocenters. The summed E-state index contributed by atoms with van der Waals surface area (Å²) in [6.45, 7) is 4.42. The van der Waals surface area contributed by atoms with E-state index in [2.05, 4.69) is 5.32 Å². The second-order valence-corrected chi connectivity index (χ2v) is 4.03. The van der Waals surface area contributed by atoms with Gasteiger partial charge in [-0.2, -0.15) is 13.2 Å². The van der Waals surface area contributed by atoms with Gasteiger partial charge in [0.15, 0.2) is 0 Å². The molecule has 0 spiro atoms. The number of nitrogens with one attached hydrogen (secondary N) is 1. The Kier molecular flexibility index (Phi) is 3.97. The molecular formula is C12H16F3N. The highest BCUT2D eigenvalue weighted by Gasteiger charge is 2.31. The van der Waals surface area contributed by atoms with E-state index in [4.69, 9.17) is 0 Å². The summed E-state index contributed by atoms with van der Waals surface area (Å²) in [6.07, 6.45) is -4.26. The first kappa shape index (κ1) is 13.0. The van der Waals surface area contributed by atoms with Crippen LogP contribution in [-0.4, -0.2) is 13.6 Å². The van der Waals surface area contributed by atoms with E-state index in [9.17, 15) is 13.2 Å². The zero-order valence-electron chi connectivity index (χ0n) is 9.65. The smallest absolute Gasteiger partial charge is 0.319 e. The molecule has 0 saturated carbocycles. The highest BCUT2D eigenvalue weighted by Crippen LogP contribution is 2.32. The van der Waals surface area contributed by atoms with Crippen molar-refractivity contribution in [2.24, 2.45) is 0 Å². The van der Waals surface area contributed by atoms with Crippen LogP contribution in [0.4, 0.5) is 13.2 Å². The molecule has 1 atom stereocenters. The Bertz CT molecular complexity index is 358. The maximum Gasteiger partial charge on any atom is 0.416 e. The maximum absolute atomic E-state index is 12.5. The van der Waals surface area contributed by atoms with Crippen molar-refractivity contribution in [1.82, 2.24) is 5.32 Å². The molecular weight excluding hydrogens is 215 g/mol. The van der Waals surface area contributed by atoms with Crippen LogP contribution in [0.3, 0.4) is 0 Å². The van der Waals surface area contributed by atoms with Gasteiger partial charge in [-0.15, -0.1) is 0 Å². The van der Waals surface area contributed by atoms with E-state index in [0.29, 0.717) is 6.54 Å². The van der Waals surface area contributed by atoms with E-state index >= 15 is 0 Å². The third-order valence-corrected chi connectivity index (χ3v) is 2.65. The summed E-state index contributed by atoms with van der Waals surface area (Å²) in [4.78, 5) is 0. The lowest BCUT2D eigenvalue weighted by Crippen LogP contribution is -2.16. The second-order valence-electron chi connectivity index (χ2n) is 4.03. The summed E-state index contributed by atoms with van der Waals surface area (Å²) in [5.41, 5.74) is 1.08. The Morgan fingerprint density at radius 1 is 1.31 bits per heavy atom. The molecule has 0 heterocycles. The first-order valence-corrected chi connectivity index (χ1v) is 5.18. The van der Waals surface area contributed by atoms with E-state index in [0.717, 1.165) is 17.2 Å². The highest BCUT2D eigenvalue weighted by atomic mass is 19.4. The molecule has 1 aromatic rings. The predicted molar refractivity (Wildman–Crippen MR) is 58.5 cm³/mol. The highest BCUT2D eigenvalue weighted by molar-refractivity contribution is 5.35. The Balaban J connectivity index is 3.09. The third kappa shape index (κ3) is 2.98. The number of benzene rings is 1. The molecule has 0 amide bonds. The van der Waals surface area contributed by atoms with Crippen LogP contribution in [0, 0.1) is 6.92 Å². The minimum atomic E-state index is -4.26. The van der Waals surface area contributed by atoms with Crippen LogP contribution in [0.25, 0.3) is 0 Å². The van der Waals surface area contributed by atoms with Gasteiger partial charge < -0.3 is 5.32 Å². The molecule has 16 heavy (non-hydrogen) atoms. The third-order valence-electron chi connectivity index (χ3n) is 2.65. The van der Waals surface area contributed by atoms with Crippen molar-refractivity contribution >= 4 is 0 Å². The molecule has 1 nitrogen and oxygen atoms in total. The van der Waals surface area contributed by atoms with Gasteiger partial charge >= 0.3 is 6.18 Å². The number of alkyl halides is 3. The molecule has 1 N–H and O–H groups in total. The molecule has 0 aliphatic heterocycles. The monoisotopic (exact) mass is 231 g/mol. The van der Waals surface area contributed by atoms with Crippen LogP contribution in [0.2, 0.25) is 0 Å². The van der Waals surface area contributed by atoms with Crippen LogP contribution >= 0.6 is 0 Å². The Labute approximate surface area is 93.7 Å². The van der Waals surface area contributed by atoms with Gasteiger partial charge in [-0.05, 0) is 43.1 Å². The first-order chi connectivity index (χ1) is 7.36. The molecule has 0 radical (unpaired) electrons. The molecule has 1 aromatic carbocycles. The zero-order chi connectivity index (χ0) is 12.3. The van der Waals surface area contributed by atoms with Gasteiger partial charge in [-0.1, -0.05) is 13.0 Å². The summed E-state index contributed by atoms with van der Waals surface area (Å²) in [6, 6.07) is 3.91. The van der Waals surface area contributed by atoms with Crippen LogP contribution < -0.4 is 5.32 Å². The van der Waals surface area contributed by atoms with E-state index in [1.807, 2.05) is 13.8 Å². The van der Waals surface area contributed by atoms with Crippen molar-refractivity contribution < 1.29 is 13.2 Å². The van der Waals surface area contributed by atoms with E-state index in [1.165, 1.54) is 12.1 Å². The molecule has 0 fully saturated rings. The van der Waals surface area contributed by atoms with E-state index in [1.54, 1.807) is 7.05 Å². The van der Waals surface area contributed by atoms with Crippen LogP contribution in [-0.2, 0) is 6.18 Å². The number of rotatable bonds is 3. The van der Waals surface area contributed by atoms with Gasteiger partial charge in [0, 0.05) is 6.54 Å². The summed E-state index contributed by atoms with van der Waals surface area (Å²) in [5.74, 6) is 0.0762. The number of hydrogen-bond acceptors (Lipinski definition) is 1. The lowest BCUT2D eigenvalue weighted by Gasteiger charge is -2.16. The molecule has 0 aliphatic rings. The normalized spacial score (nSPS) is 13.9. The van der Waals surface area contributed by atoms with Gasteiger partial charge in [0.25, 0.3) is 0 Å². The fourth-order valence-corrected chi connectivity index (χ4v) is 1.76. The minimum Gasteiger partial charge on any atom is -0.319 e. The summed E-state index contributed by atoms with van der Waals surface area (Å²) < 4.78 is 37.6. The maximum atomic E-state index is 12.5. The second kappa shape index (κ2) is 4.87. The average Bonchev–Trinajstić information content (AvgIpc) is 2.16. The van der Waals surface area contributed by atoms with Crippen molar-refractivity contribution in [3.8, 4) is 0 Å². The number of halogens is 3. The molecule has 0 aliphatic carbocycles. The fourth-order valence-electron chi connectivity index (χ4n) is 1.76. The van der Waals surface area contributed by atoms with E-state index < -0.39 is 11.7 Å². The molecule has 4 heteroatoms. The Morgan fingerprint density at radius 2 is 1.94 bits per heavy atom. The van der Waals surface area contributed by atoms with Crippen LogP contribution in [0.1, 0.15) is 29.5 Å². The lowest BCUT2D eigenvalue weighted by atomic mass is 9.94. The van der Waals surface area contributed by atoms with Crippen molar-refractivity contribution in [3.63, 3.8) is 0 Å². The van der Waals surface area contributed by atoms with Crippen molar-refractivity contribution in [2.45, 2.75) is 25.9 Å². The van der Waals surface area contributed by atoms with Crippen LogP contribution in [0.15, 0.2) is 18.2 Å². The Morgan fingerprint density at radius 3 is 2.44 bits per heavy atom. The topological polar surface area (TPSA) is 12.0 Å². The van der Waals surface area contributed by atoms with Gasteiger partial charge in [0.1, 0.15) is 0 Å². The van der Waals surface area contributed by atoms with Gasteiger partial charge in [0.2, 0.25) is 0 Å². The van der Waals surface area contributed by atoms with E-state index in [-0.39, 0.29) is 5.92 Å². The zero-order valence-corrected chi connectivity index (χ0v) is 9.65. The standard InChI is InChI=1S/C12H16F3N/c1-8-4-5-10(12(13,14)15)6-11(8)9(2)7-16-3/h4-6,9,16H,7H2,1-3H3.